The normalized spacial score (nSPS) is 11.4. The number of hydrogen-bond donors (Lipinski definition) is 1. The van der Waals surface area contributed by atoms with E-state index in [1.54, 1.807) is 18.2 Å². The van der Waals surface area contributed by atoms with Crippen LogP contribution in [0.15, 0.2) is 29.4 Å². The van der Waals surface area contributed by atoms with Gasteiger partial charge in [-0.25, -0.2) is 0 Å². The van der Waals surface area contributed by atoms with E-state index in [1.165, 1.54) is 0 Å². The van der Waals surface area contributed by atoms with Gasteiger partial charge in [0.2, 0.25) is 0 Å². The van der Waals surface area contributed by atoms with Crippen LogP contribution in [0.1, 0.15) is 12.5 Å². The number of benzene rings is 1. The molecule has 0 bridgehead atoms. The first kappa shape index (κ1) is 9.86. The average Bonchev–Trinajstić information content (AvgIpc) is 2.18. The lowest BCUT2D eigenvalue weighted by molar-refractivity contribution is 0.320. The minimum atomic E-state index is 0.0570. The minimum absolute atomic E-state index is 0.0570. The van der Waals surface area contributed by atoms with Crippen molar-refractivity contribution in [3.63, 3.8) is 0 Å². The summed E-state index contributed by atoms with van der Waals surface area (Å²) in [5.74, 6) is 0.710. The highest BCUT2D eigenvalue weighted by molar-refractivity contribution is 6.69. The van der Waals surface area contributed by atoms with Crippen molar-refractivity contribution in [1.82, 2.24) is 0 Å². The molecule has 0 aliphatic heterocycles. The van der Waals surface area contributed by atoms with E-state index in [-0.39, 0.29) is 5.17 Å². The molecule has 0 aromatic heterocycles. The van der Waals surface area contributed by atoms with Crippen LogP contribution in [0.25, 0.3) is 0 Å². The molecule has 3 nitrogen and oxygen atoms in total. The highest BCUT2D eigenvalue weighted by Crippen LogP contribution is 2.15. The molecule has 4 heteroatoms. The zero-order chi connectivity index (χ0) is 9.68. The van der Waals surface area contributed by atoms with E-state index in [2.05, 4.69) is 5.16 Å². The van der Waals surface area contributed by atoms with Gasteiger partial charge in [0.05, 0.1) is 6.61 Å². The Balaban J connectivity index is 2.91. The molecule has 1 aromatic carbocycles. The Morgan fingerprint density at radius 2 is 2.38 bits per heavy atom. The maximum absolute atomic E-state index is 8.42. The molecule has 0 radical (unpaired) electrons. The van der Waals surface area contributed by atoms with Crippen molar-refractivity contribution in [3.8, 4) is 5.75 Å². The van der Waals surface area contributed by atoms with Crippen LogP contribution in [0.2, 0.25) is 0 Å². The predicted molar refractivity (Wildman–Crippen MR) is 51.8 cm³/mol. The summed E-state index contributed by atoms with van der Waals surface area (Å²) >= 11 is 5.61. The van der Waals surface area contributed by atoms with Crippen LogP contribution in [0.4, 0.5) is 0 Å². The quantitative estimate of drug-likeness (QED) is 0.462. The van der Waals surface area contributed by atoms with E-state index >= 15 is 0 Å². The van der Waals surface area contributed by atoms with Gasteiger partial charge in [-0.3, -0.25) is 0 Å². The van der Waals surface area contributed by atoms with Gasteiger partial charge in [0, 0.05) is 5.56 Å². The fourth-order valence-electron chi connectivity index (χ4n) is 0.939. The van der Waals surface area contributed by atoms with Crippen molar-refractivity contribution in [2.45, 2.75) is 6.92 Å². The number of hydrogen-bond acceptors (Lipinski definition) is 3. The third-order valence-electron chi connectivity index (χ3n) is 1.47. The monoisotopic (exact) mass is 199 g/mol. The summed E-state index contributed by atoms with van der Waals surface area (Å²) in [4.78, 5) is 0. The fraction of sp³-hybridized carbons (Fsp3) is 0.222. The van der Waals surface area contributed by atoms with Gasteiger partial charge in [-0.1, -0.05) is 28.9 Å². The number of ether oxygens (including phenoxy) is 1. The first-order chi connectivity index (χ1) is 6.27. The highest BCUT2D eigenvalue weighted by atomic mass is 35.5. The van der Waals surface area contributed by atoms with Gasteiger partial charge in [-0.05, 0) is 19.1 Å². The van der Waals surface area contributed by atoms with E-state index in [9.17, 15) is 0 Å². The summed E-state index contributed by atoms with van der Waals surface area (Å²) in [6.45, 7) is 2.49. The van der Waals surface area contributed by atoms with E-state index < -0.39 is 0 Å². The van der Waals surface area contributed by atoms with Crippen LogP contribution in [0.5, 0.6) is 5.75 Å². The molecule has 0 fully saturated rings. The van der Waals surface area contributed by atoms with Crippen LogP contribution in [0, 0.1) is 0 Å². The first-order valence-electron chi connectivity index (χ1n) is 3.88. The summed E-state index contributed by atoms with van der Waals surface area (Å²) in [5.41, 5.74) is 0.634. The molecule has 70 valence electrons. The van der Waals surface area contributed by atoms with Gasteiger partial charge in [0.25, 0.3) is 0 Å². The average molecular weight is 200 g/mol. The van der Waals surface area contributed by atoms with Gasteiger partial charge in [-0.2, -0.15) is 0 Å². The summed E-state index contributed by atoms with van der Waals surface area (Å²) in [7, 11) is 0. The van der Waals surface area contributed by atoms with Gasteiger partial charge < -0.3 is 9.94 Å². The zero-order valence-corrected chi connectivity index (χ0v) is 7.95. The maximum atomic E-state index is 8.42. The molecule has 0 saturated heterocycles. The molecule has 1 aromatic rings. The molecular formula is C9H10ClNO2. The molecule has 0 atom stereocenters. The van der Waals surface area contributed by atoms with Gasteiger partial charge in [0.15, 0.2) is 5.17 Å². The number of oxime groups is 1. The van der Waals surface area contributed by atoms with Gasteiger partial charge >= 0.3 is 0 Å². The Morgan fingerprint density at radius 3 is 3.00 bits per heavy atom. The molecule has 0 spiro atoms. The highest BCUT2D eigenvalue weighted by Gasteiger charge is 2.01. The second kappa shape index (κ2) is 4.72. The first-order valence-corrected chi connectivity index (χ1v) is 4.26. The van der Waals surface area contributed by atoms with Crippen LogP contribution in [-0.4, -0.2) is 17.0 Å². The smallest absolute Gasteiger partial charge is 0.175 e. The van der Waals surface area contributed by atoms with E-state index in [0.29, 0.717) is 17.9 Å². The van der Waals surface area contributed by atoms with Crippen molar-refractivity contribution < 1.29 is 9.94 Å². The van der Waals surface area contributed by atoms with Crippen LogP contribution in [0.3, 0.4) is 0 Å². The lowest BCUT2D eigenvalue weighted by Gasteiger charge is -2.03. The van der Waals surface area contributed by atoms with Crippen molar-refractivity contribution in [2.75, 3.05) is 6.61 Å². The maximum Gasteiger partial charge on any atom is 0.175 e. The van der Waals surface area contributed by atoms with Crippen LogP contribution < -0.4 is 4.74 Å². The fourth-order valence-corrected chi connectivity index (χ4v) is 1.06. The summed E-state index contributed by atoms with van der Waals surface area (Å²) in [5, 5.41) is 11.4. The van der Waals surface area contributed by atoms with Crippen LogP contribution >= 0.6 is 11.6 Å². The third-order valence-corrected chi connectivity index (χ3v) is 1.76. The molecule has 0 unspecified atom stereocenters. The molecule has 0 aliphatic rings. The van der Waals surface area contributed by atoms with Crippen LogP contribution in [-0.2, 0) is 0 Å². The van der Waals surface area contributed by atoms with Crippen molar-refractivity contribution in [1.29, 1.82) is 0 Å². The Bertz CT molecular complexity index is 312. The summed E-state index contributed by atoms with van der Waals surface area (Å²) in [6, 6.07) is 7.05. The molecule has 13 heavy (non-hydrogen) atoms. The summed E-state index contributed by atoms with van der Waals surface area (Å²) < 4.78 is 5.25. The Kier molecular flexibility index (Phi) is 3.58. The number of rotatable bonds is 3. The van der Waals surface area contributed by atoms with Gasteiger partial charge in [0.1, 0.15) is 5.75 Å². The van der Waals surface area contributed by atoms with Crippen molar-refractivity contribution >= 4 is 16.8 Å². The summed E-state index contributed by atoms with van der Waals surface area (Å²) in [6.07, 6.45) is 0. The standard InChI is InChI=1S/C9H10ClNO2/c1-2-13-8-5-3-4-7(6-8)9(10)11-12/h3-6,12H,2H2,1H3/b11-9-. The minimum Gasteiger partial charge on any atom is -0.494 e. The SMILES string of the molecule is CCOc1cccc(/C(Cl)=N/O)c1. The van der Waals surface area contributed by atoms with E-state index in [0.717, 1.165) is 0 Å². The lowest BCUT2D eigenvalue weighted by Crippen LogP contribution is -1.95. The topological polar surface area (TPSA) is 41.8 Å². The molecule has 1 rings (SSSR count). The predicted octanol–water partition coefficient (Wildman–Crippen LogP) is 2.46. The molecule has 0 heterocycles. The van der Waals surface area contributed by atoms with Crippen molar-refractivity contribution in [3.05, 3.63) is 29.8 Å². The second-order valence-corrected chi connectivity index (χ2v) is 2.71. The largest absolute Gasteiger partial charge is 0.494 e. The lowest BCUT2D eigenvalue weighted by atomic mass is 10.2. The molecule has 0 saturated carbocycles. The number of nitrogens with zero attached hydrogens (tertiary/aromatic N) is 1. The molecular weight excluding hydrogens is 190 g/mol. The third kappa shape index (κ3) is 2.63. The number of halogens is 1. The second-order valence-electron chi connectivity index (χ2n) is 2.35. The van der Waals surface area contributed by atoms with Crippen molar-refractivity contribution in [2.24, 2.45) is 5.16 Å². The van der Waals surface area contributed by atoms with E-state index in [1.807, 2.05) is 13.0 Å². The molecule has 0 amide bonds. The van der Waals surface area contributed by atoms with E-state index in [4.69, 9.17) is 21.5 Å². The Hall–Kier alpha value is -1.22. The molecule has 0 aliphatic carbocycles. The van der Waals surface area contributed by atoms with Gasteiger partial charge in [-0.15, -0.1) is 0 Å². The Morgan fingerprint density at radius 1 is 1.62 bits per heavy atom. The zero-order valence-electron chi connectivity index (χ0n) is 7.20. The Labute approximate surface area is 81.6 Å². The molecule has 1 N–H and O–H groups in total.